The Kier molecular flexibility index (Phi) is 7.39. The van der Waals surface area contributed by atoms with Crippen LogP contribution in [0, 0.1) is 5.82 Å². The smallest absolute Gasteiger partial charge is 0.226 e. The number of thioether (sulfide) groups is 1. The summed E-state index contributed by atoms with van der Waals surface area (Å²) in [7, 11) is 0. The second-order valence-corrected chi connectivity index (χ2v) is 7.28. The van der Waals surface area contributed by atoms with Crippen LogP contribution in [-0.2, 0) is 11.2 Å². The summed E-state index contributed by atoms with van der Waals surface area (Å²) in [6.07, 6.45) is 2.27. The minimum Gasteiger partial charge on any atom is -0.356 e. The first kappa shape index (κ1) is 18.6. The summed E-state index contributed by atoms with van der Waals surface area (Å²) in [4.78, 5) is 28.1. The maximum absolute atomic E-state index is 12.8. The Bertz CT molecular complexity index is 686. The number of hydrogen-bond acceptors (Lipinski definition) is 5. The molecule has 24 heavy (non-hydrogen) atoms. The van der Waals surface area contributed by atoms with Crippen molar-refractivity contribution >= 4 is 34.8 Å². The molecule has 0 aliphatic carbocycles. The highest BCUT2D eigenvalue weighted by Crippen LogP contribution is 2.24. The van der Waals surface area contributed by atoms with E-state index >= 15 is 0 Å². The fourth-order valence-electron chi connectivity index (χ4n) is 1.91. The molecule has 128 valence electrons. The highest BCUT2D eigenvalue weighted by molar-refractivity contribution is 8.01. The predicted octanol–water partition coefficient (Wildman–Crippen LogP) is 3.72. The number of Topliss-reactive ketones (excluding diaryl/α,β-unsaturated/α-hetero) is 1. The molecule has 0 bridgehead atoms. The number of unbranched alkanes of at least 4 members (excludes halogenated alkanes) is 1. The van der Waals surface area contributed by atoms with Gasteiger partial charge in [-0.1, -0.05) is 25.1 Å². The quantitative estimate of drug-likeness (QED) is 0.417. The third kappa shape index (κ3) is 6.05. The first-order valence-corrected chi connectivity index (χ1v) is 9.57. The van der Waals surface area contributed by atoms with E-state index in [1.165, 1.54) is 47.4 Å². The molecule has 0 saturated heterocycles. The number of benzene rings is 1. The molecule has 1 aromatic heterocycles. The highest BCUT2D eigenvalue weighted by atomic mass is 32.2. The zero-order valence-corrected chi connectivity index (χ0v) is 15.0. The van der Waals surface area contributed by atoms with Gasteiger partial charge < -0.3 is 5.32 Å². The molecular weight excluding hydrogens is 347 g/mol. The van der Waals surface area contributed by atoms with Crippen LogP contribution in [0.3, 0.4) is 0 Å². The van der Waals surface area contributed by atoms with Crippen LogP contribution in [-0.4, -0.2) is 29.0 Å². The van der Waals surface area contributed by atoms with Crippen molar-refractivity contribution in [1.29, 1.82) is 0 Å². The lowest BCUT2D eigenvalue weighted by Crippen LogP contribution is -2.26. The highest BCUT2D eigenvalue weighted by Gasteiger charge is 2.11. The van der Waals surface area contributed by atoms with Crippen molar-refractivity contribution in [2.24, 2.45) is 0 Å². The monoisotopic (exact) mass is 366 g/mol. The van der Waals surface area contributed by atoms with Gasteiger partial charge in [0, 0.05) is 17.5 Å². The van der Waals surface area contributed by atoms with Gasteiger partial charge in [0.25, 0.3) is 0 Å². The molecule has 0 fully saturated rings. The molecule has 1 amide bonds. The lowest BCUT2D eigenvalue weighted by Gasteiger charge is -2.02. The molecule has 2 rings (SSSR count). The van der Waals surface area contributed by atoms with E-state index in [4.69, 9.17) is 0 Å². The van der Waals surface area contributed by atoms with Crippen molar-refractivity contribution in [3.05, 3.63) is 46.7 Å². The second kappa shape index (κ2) is 9.54. The van der Waals surface area contributed by atoms with Gasteiger partial charge in [0.2, 0.25) is 5.91 Å². The molecule has 0 atom stereocenters. The summed E-state index contributed by atoms with van der Waals surface area (Å²) in [5.74, 6) is -0.232. The molecule has 0 aliphatic rings. The number of nitrogens with one attached hydrogen (secondary N) is 1. The van der Waals surface area contributed by atoms with Crippen LogP contribution in [0.15, 0.2) is 34.0 Å². The number of carbonyl (C=O) groups excluding carboxylic acids is 2. The number of ketones is 1. The summed E-state index contributed by atoms with van der Waals surface area (Å²) in [6, 6.07) is 5.51. The molecule has 0 aliphatic heterocycles. The van der Waals surface area contributed by atoms with Gasteiger partial charge >= 0.3 is 0 Å². The van der Waals surface area contributed by atoms with Gasteiger partial charge in [-0.25, -0.2) is 9.37 Å². The number of aromatic nitrogens is 1. The van der Waals surface area contributed by atoms with Crippen molar-refractivity contribution in [2.45, 2.75) is 30.5 Å². The topological polar surface area (TPSA) is 59.1 Å². The summed E-state index contributed by atoms with van der Waals surface area (Å²) in [5.41, 5.74) is 1.20. The normalized spacial score (nSPS) is 10.6. The summed E-state index contributed by atoms with van der Waals surface area (Å²) in [6.45, 7) is 2.76. The van der Waals surface area contributed by atoms with Gasteiger partial charge in [0.05, 0.1) is 17.9 Å². The van der Waals surface area contributed by atoms with Crippen LogP contribution in [0.2, 0.25) is 0 Å². The molecule has 0 saturated carbocycles. The van der Waals surface area contributed by atoms with Gasteiger partial charge in [-0.3, -0.25) is 9.59 Å². The van der Waals surface area contributed by atoms with Crippen molar-refractivity contribution in [2.75, 3.05) is 12.3 Å². The molecule has 0 radical (unpaired) electrons. The molecule has 7 heteroatoms. The van der Waals surface area contributed by atoms with Crippen molar-refractivity contribution < 1.29 is 14.0 Å². The summed E-state index contributed by atoms with van der Waals surface area (Å²) in [5, 5.41) is 4.69. The molecule has 4 nitrogen and oxygen atoms in total. The number of carbonyl (C=O) groups is 2. The van der Waals surface area contributed by atoms with E-state index in [1.54, 1.807) is 0 Å². The van der Waals surface area contributed by atoms with Crippen molar-refractivity contribution in [3.8, 4) is 0 Å². The number of amides is 1. The third-order valence-electron chi connectivity index (χ3n) is 3.22. The number of rotatable bonds is 9. The van der Waals surface area contributed by atoms with Crippen LogP contribution in [0.1, 0.15) is 35.8 Å². The largest absolute Gasteiger partial charge is 0.356 e. The maximum atomic E-state index is 12.8. The van der Waals surface area contributed by atoms with Gasteiger partial charge in [-0.15, -0.1) is 11.3 Å². The summed E-state index contributed by atoms with van der Waals surface area (Å²) >= 11 is 2.75. The molecule has 0 spiro atoms. The zero-order valence-electron chi connectivity index (χ0n) is 13.4. The maximum Gasteiger partial charge on any atom is 0.226 e. The van der Waals surface area contributed by atoms with Gasteiger partial charge in [-0.05, 0) is 30.7 Å². The SMILES string of the molecule is CCCCNC(=O)Cc1csc(SCC(=O)c2ccc(F)cc2)n1. The molecule has 1 heterocycles. The second-order valence-electron chi connectivity index (χ2n) is 5.20. The lowest BCUT2D eigenvalue weighted by atomic mass is 10.1. The van der Waals surface area contributed by atoms with Crippen molar-refractivity contribution in [3.63, 3.8) is 0 Å². The molecule has 0 unspecified atom stereocenters. The Labute approximate surface area is 148 Å². The van der Waals surface area contributed by atoms with E-state index in [9.17, 15) is 14.0 Å². The van der Waals surface area contributed by atoms with Crippen LogP contribution in [0.4, 0.5) is 4.39 Å². The minimum atomic E-state index is -0.360. The van der Waals surface area contributed by atoms with E-state index in [2.05, 4.69) is 17.2 Å². The average molecular weight is 366 g/mol. The number of hydrogen-bond donors (Lipinski definition) is 1. The Morgan fingerprint density at radius 3 is 2.75 bits per heavy atom. The van der Waals surface area contributed by atoms with Crippen LogP contribution in [0.5, 0.6) is 0 Å². The van der Waals surface area contributed by atoms with Crippen LogP contribution >= 0.6 is 23.1 Å². The molecule has 1 aromatic carbocycles. The van der Waals surface area contributed by atoms with E-state index in [-0.39, 0.29) is 29.7 Å². The Morgan fingerprint density at radius 2 is 2.04 bits per heavy atom. The molecular formula is C17H19FN2O2S2. The number of nitrogens with zero attached hydrogens (tertiary/aromatic N) is 1. The number of thiazole rings is 1. The van der Waals surface area contributed by atoms with Crippen LogP contribution < -0.4 is 5.32 Å². The molecule has 2 aromatic rings. The molecule has 1 N–H and O–H groups in total. The van der Waals surface area contributed by atoms with Gasteiger partial charge in [-0.2, -0.15) is 0 Å². The zero-order chi connectivity index (χ0) is 17.4. The van der Waals surface area contributed by atoms with E-state index in [1.807, 2.05) is 5.38 Å². The van der Waals surface area contributed by atoms with Gasteiger partial charge in [0.15, 0.2) is 10.1 Å². The van der Waals surface area contributed by atoms with E-state index in [0.717, 1.165) is 17.2 Å². The van der Waals surface area contributed by atoms with Crippen molar-refractivity contribution in [1.82, 2.24) is 10.3 Å². The van der Waals surface area contributed by atoms with E-state index < -0.39 is 0 Å². The predicted molar refractivity (Wildman–Crippen MR) is 95.2 cm³/mol. The number of halogens is 1. The van der Waals surface area contributed by atoms with Gasteiger partial charge in [0.1, 0.15) is 5.82 Å². The lowest BCUT2D eigenvalue weighted by molar-refractivity contribution is -0.120. The standard InChI is InChI=1S/C17H19FN2O2S2/c1-2-3-8-19-16(22)9-14-10-23-17(20-14)24-11-15(21)12-4-6-13(18)7-5-12/h4-7,10H,2-3,8-9,11H2,1H3,(H,19,22). The summed E-state index contributed by atoms with van der Waals surface area (Å²) < 4.78 is 13.6. The Hall–Kier alpha value is -1.73. The van der Waals surface area contributed by atoms with Crippen LogP contribution in [0.25, 0.3) is 0 Å². The average Bonchev–Trinajstić information content (AvgIpc) is 3.01. The first-order valence-electron chi connectivity index (χ1n) is 7.71. The minimum absolute atomic E-state index is 0.0345. The first-order chi connectivity index (χ1) is 11.6. The third-order valence-corrected chi connectivity index (χ3v) is 5.29. The Morgan fingerprint density at radius 1 is 1.29 bits per heavy atom. The van der Waals surface area contributed by atoms with E-state index in [0.29, 0.717) is 17.8 Å². The Balaban J connectivity index is 1.80. The fraction of sp³-hybridized carbons (Fsp3) is 0.353. The fourth-order valence-corrected chi connectivity index (χ4v) is 3.65.